The smallest absolute Gasteiger partial charge is 0.251 e. The van der Waals surface area contributed by atoms with Crippen LogP contribution in [0.1, 0.15) is 61.4 Å². The SMILES string of the molecule is Cc1ccc(-c2nnn(CC(=O)N(c3cccc4c3CCCC4)C(C(=O)NCCC(C)C)c3ccncc3)n2)cc1. The zero-order valence-electron chi connectivity index (χ0n) is 24.0. The molecule has 1 atom stereocenters. The third-order valence-corrected chi connectivity index (χ3v) is 7.49. The fourth-order valence-electron chi connectivity index (χ4n) is 5.27. The highest BCUT2D eigenvalue weighted by Crippen LogP contribution is 2.36. The van der Waals surface area contributed by atoms with Crippen molar-refractivity contribution < 1.29 is 9.59 Å². The van der Waals surface area contributed by atoms with Crippen molar-refractivity contribution in [2.24, 2.45) is 5.92 Å². The molecule has 1 aliphatic rings. The van der Waals surface area contributed by atoms with Gasteiger partial charge < -0.3 is 5.32 Å². The van der Waals surface area contributed by atoms with Gasteiger partial charge in [0, 0.05) is 30.2 Å². The summed E-state index contributed by atoms with van der Waals surface area (Å²) in [5.41, 5.74) is 5.74. The van der Waals surface area contributed by atoms with Gasteiger partial charge in [-0.3, -0.25) is 19.5 Å². The van der Waals surface area contributed by atoms with Crippen LogP contribution in [0.5, 0.6) is 0 Å². The summed E-state index contributed by atoms with van der Waals surface area (Å²) in [6.45, 7) is 6.62. The molecule has 0 radical (unpaired) electrons. The van der Waals surface area contributed by atoms with Gasteiger partial charge in [-0.05, 0) is 85.0 Å². The van der Waals surface area contributed by atoms with E-state index < -0.39 is 6.04 Å². The number of nitrogens with zero attached hydrogens (tertiary/aromatic N) is 6. The van der Waals surface area contributed by atoms with E-state index in [0.29, 0.717) is 23.9 Å². The maximum Gasteiger partial charge on any atom is 0.251 e. The summed E-state index contributed by atoms with van der Waals surface area (Å²) < 4.78 is 0. The number of nitrogens with one attached hydrogen (secondary N) is 1. The van der Waals surface area contributed by atoms with Crippen LogP contribution >= 0.6 is 0 Å². The van der Waals surface area contributed by atoms with Gasteiger partial charge in [0.2, 0.25) is 11.7 Å². The molecule has 41 heavy (non-hydrogen) atoms. The van der Waals surface area contributed by atoms with Gasteiger partial charge in [0.1, 0.15) is 12.6 Å². The summed E-state index contributed by atoms with van der Waals surface area (Å²) in [4.78, 5) is 35.3. The lowest BCUT2D eigenvalue weighted by atomic mass is 9.89. The molecule has 0 fully saturated rings. The van der Waals surface area contributed by atoms with Crippen molar-refractivity contribution in [3.8, 4) is 11.4 Å². The van der Waals surface area contributed by atoms with Crippen LogP contribution < -0.4 is 10.2 Å². The van der Waals surface area contributed by atoms with Gasteiger partial charge in [0.25, 0.3) is 5.91 Å². The lowest BCUT2D eigenvalue weighted by Gasteiger charge is -2.34. The van der Waals surface area contributed by atoms with Gasteiger partial charge in [-0.25, -0.2) is 0 Å². The molecule has 0 saturated carbocycles. The van der Waals surface area contributed by atoms with Gasteiger partial charge >= 0.3 is 0 Å². The van der Waals surface area contributed by atoms with E-state index in [1.54, 1.807) is 29.4 Å². The molecular weight excluding hydrogens is 514 g/mol. The average molecular weight is 552 g/mol. The number of benzene rings is 2. The number of aryl methyl sites for hydroxylation is 2. The van der Waals surface area contributed by atoms with Gasteiger partial charge in [0.15, 0.2) is 0 Å². The van der Waals surface area contributed by atoms with Gasteiger partial charge in [-0.1, -0.05) is 55.8 Å². The molecule has 1 unspecified atom stereocenters. The minimum Gasteiger partial charge on any atom is -0.354 e. The molecule has 212 valence electrons. The first kappa shape index (κ1) is 28.1. The zero-order chi connectivity index (χ0) is 28.8. The van der Waals surface area contributed by atoms with E-state index in [-0.39, 0.29) is 18.4 Å². The van der Waals surface area contributed by atoms with Crippen molar-refractivity contribution in [1.82, 2.24) is 30.5 Å². The predicted octanol–water partition coefficient (Wildman–Crippen LogP) is 4.86. The highest BCUT2D eigenvalue weighted by atomic mass is 16.2. The third kappa shape index (κ3) is 6.67. The second-order valence-corrected chi connectivity index (χ2v) is 11.1. The van der Waals surface area contributed by atoms with E-state index in [4.69, 9.17) is 0 Å². The van der Waals surface area contributed by atoms with E-state index in [2.05, 4.69) is 45.6 Å². The number of hydrogen-bond acceptors (Lipinski definition) is 6. The molecule has 4 aromatic rings. The van der Waals surface area contributed by atoms with Crippen molar-refractivity contribution >= 4 is 17.5 Å². The predicted molar refractivity (Wildman–Crippen MR) is 158 cm³/mol. The molecule has 5 rings (SSSR count). The number of anilines is 1. The molecule has 9 heteroatoms. The summed E-state index contributed by atoms with van der Waals surface area (Å²) in [5, 5.41) is 16.0. The fraction of sp³-hybridized carbons (Fsp3) is 0.375. The van der Waals surface area contributed by atoms with Crippen molar-refractivity contribution in [2.45, 2.75) is 65.5 Å². The molecule has 1 N–H and O–H groups in total. The Bertz CT molecular complexity index is 1480. The van der Waals surface area contributed by atoms with E-state index in [0.717, 1.165) is 54.5 Å². The monoisotopic (exact) mass is 551 g/mol. The van der Waals surface area contributed by atoms with Crippen molar-refractivity contribution in [3.05, 3.63) is 89.2 Å². The molecule has 9 nitrogen and oxygen atoms in total. The van der Waals surface area contributed by atoms with Crippen LogP contribution in [0.2, 0.25) is 0 Å². The lowest BCUT2D eigenvalue weighted by Crippen LogP contribution is -2.46. The second kappa shape index (κ2) is 12.8. The van der Waals surface area contributed by atoms with E-state index in [9.17, 15) is 9.59 Å². The molecule has 0 bridgehead atoms. The average Bonchev–Trinajstić information content (AvgIpc) is 3.44. The van der Waals surface area contributed by atoms with Crippen LogP contribution in [0.25, 0.3) is 11.4 Å². The van der Waals surface area contributed by atoms with Crippen LogP contribution in [-0.2, 0) is 29.0 Å². The molecule has 0 spiro atoms. The minimum absolute atomic E-state index is 0.163. The number of pyridine rings is 1. The molecule has 0 aliphatic heterocycles. The lowest BCUT2D eigenvalue weighted by molar-refractivity contribution is -0.127. The largest absolute Gasteiger partial charge is 0.354 e. The maximum absolute atomic E-state index is 14.3. The van der Waals surface area contributed by atoms with Crippen LogP contribution in [0.4, 0.5) is 5.69 Å². The Morgan fingerprint density at radius 1 is 1.00 bits per heavy atom. The maximum atomic E-state index is 14.3. The first-order chi connectivity index (χ1) is 19.9. The van der Waals surface area contributed by atoms with E-state index in [1.807, 2.05) is 43.3 Å². The molecule has 2 aromatic heterocycles. The van der Waals surface area contributed by atoms with Crippen LogP contribution in [0, 0.1) is 12.8 Å². The van der Waals surface area contributed by atoms with E-state index in [1.165, 1.54) is 10.4 Å². The number of carbonyl (C=O) groups excluding carboxylic acids is 2. The molecule has 2 heterocycles. The number of rotatable bonds is 10. The number of aromatic nitrogens is 5. The summed E-state index contributed by atoms with van der Waals surface area (Å²) in [6.07, 6.45) is 8.10. The topological polar surface area (TPSA) is 106 Å². The Morgan fingerprint density at radius 3 is 2.51 bits per heavy atom. The highest BCUT2D eigenvalue weighted by molar-refractivity contribution is 6.02. The summed E-state index contributed by atoms with van der Waals surface area (Å²) in [7, 11) is 0. The van der Waals surface area contributed by atoms with E-state index >= 15 is 0 Å². The highest BCUT2D eigenvalue weighted by Gasteiger charge is 2.35. The number of fused-ring (bicyclic) bond motifs is 1. The summed E-state index contributed by atoms with van der Waals surface area (Å²) >= 11 is 0. The Morgan fingerprint density at radius 2 is 1.76 bits per heavy atom. The van der Waals surface area contributed by atoms with Crippen molar-refractivity contribution in [2.75, 3.05) is 11.4 Å². The third-order valence-electron chi connectivity index (χ3n) is 7.49. The molecule has 2 aromatic carbocycles. The molecule has 1 aliphatic carbocycles. The van der Waals surface area contributed by atoms with Crippen LogP contribution in [0.15, 0.2) is 67.0 Å². The number of tetrazole rings is 1. The van der Waals surface area contributed by atoms with Crippen molar-refractivity contribution in [1.29, 1.82) is 0 Å². The standard InChI is InChI=1S/C32H37N7O2/c1-22(2)15-20-34-32(41)30(25-16-18-33-19-17-25)39(28-10-6-8-24-7-4-5-9-27(24)28)29(40)21-38-36-31(35-37-38)26-13-11-23(3)12-14-26/h6,8,10-14,16-19,22,30H,4-5,7,9,15,20-21H2,1-3H3,(H,34,41). The quantitative estimate of drug-likeness (QED) is 0.302. The summed E-state index contributed by atoms with van der Waals surface area (Å²) in [6, 6.07) is 16.6. The zero-order valence-corrected chi connectivity index (χ0v) is 24.0. The Hall–Kier alpha value is -4.40. The fourth-order valence-corrected chi connectivity index (χ4v) is 5.27. The number of amides is 2. The molecule has 2 amide bonds. The Balaban J connectivity index is 1.53. The Kier molecular flexibility index (Phi) is 8.82. The van der Waals surface area contributed by atoms with Gasteiger partial charge in [-0.2, -0.15) is 4.80 Å². The number of carbonyl (C=O) groups is 2. The first-order valence-corrected chi connectivity index (χ1v) is 14.4. The molecule has 0 saturated heterocycles. The van der Waals surface area contributed by atoms with Gasteiger partial charge in [-0.15, -0.1) is 10.2 Å². The minimum atomic E-state index is -0.883. The number of hydrogen-bond donors (Lipinski definition) is 1. The Labute approximate surface area is 241 Å². The normalized spacial score (nSPS) is 13.5. The second-order valence-electron chi connectivity index (χ2n) is 11.1. The van der Waals surface area contributed by atoms with Crippen LogP contribution in [-0.4, -0.2) is 43.6 Å². The van der Waals surface area contributed by atoms with Gasteiger partial charge in [0.05, 0.1) is 0 Å². The first-order valence-electron chi connectivity index (χ1n) is 14.4. The van der Waals surface area contributed by atoms with Crippen LogP contribution in [0.3, 0.4) is 0 Å². The molecular formula is C32H37N7O2. The van der Waals surface area contributed by atoms with Crippen molar-refractivity contribution in [3.63, 3.8) is 0 Å². The summed E-state index contributed by atoms with van der Waals surface area (Å²) in [5.74, 6) is 0.358.